The lowest BCUT2D eigenvalue weighted by Crippen LogP contribution is -2.41. The highest BCUT2D eigenvalue weighted by molar-refractivity contribution is 4.80. The van der Waals surface area contributed by atoms with Gasteiger partial charge in [-0.15, -0.1) is 0 Å². The lowest BCUT2D eigenvalue weighted by Gasteiger charge is -2.29. The highest BCUT2D eigenvalue weighted by Gasteiger charge is 2.21. The van der Waals surface area contributed by atoms with Gasteiger partial charge in [0.1, 0.15) is 0 Å². The molecule has 0 bridgehead atoms. The lowest BCUT2D eigenvalue weighted by molar-refractivity contribution is 0.287. The van der Waals surface area contributed by atoms with Crippen molar-refractivity contribution < 1.29 is 0 Å². The monoisotopic (exact) mass is 184 g/mol. The summed E-state index contributed by atoms with van der Waals surface area (Å²) in [5.41, 5.74) is 6.07. The third kappa shape index (κ3) is 3.65. The molecule has 0 saturated heterocycles. The van der Waals surface area contributed by atoms with Gasteiger partial charge in [-0.1, -0.05) is 19.8 Å². The topological polar surface area (TPSA) is 38.0 Å². The van der Waals surface area contributed by atoms with Crippen LogP contribution in [-0.4, -0.2) is 18.6 Å². The van der Waals surface area contributed by atoms with Crippen LogP contribution in [0.15, 0.2) is 0 Å². The summed E-state index contributed by atoms with van der Waals surface area (Å²) < 4.78 is 0. The average molecular weight is 184 g/mol. The molecule has 3 unspecified atom stereocenters. The third-order valence-electron chi connectivity index (χ3n) is 3.31. The molecule has 1 aliphatic carbocycles. The summed E-state index contributed by atoms with van der Waals surface area (Å²) >= 11 is 0. The first-order valence-electron chi connectivity index (χ1n) is 5.73. The number of hydrogen-bond donors (Lipinski definition) is 2. The van der Waals surface area contributed by atoms with Crippen LogP contribution in [0.4, 0.5) is 0 Å². The molecule has 1 rings (SSSR count). The second kappa shape index (κ2) is 5.61. The largest absolute Gasteiger partial charge is 0.327 e. The maximum Gasteiger partial charge on any atom is 0.00792 e. The van der Waals surface area contributed by atoms with Gasteiger partial charge in [-0.25, -0.2) is 0 Å². The molecule has 13 heavy (non-hydrogen) atoms. The summed E-state index contributed by atoms with van der Waals surface area (Å²) in [6, 6.07) is 1.10. The number of hydrogen-bond acceptors (Lipinski definition) is 2. The van der Waals surface area contributed by atoms with Gasteiger partial charge < -0.3 is 11.1 Å². The van der Waals surface area contributed by atoms with Crippen LogP contribution in [0.3, 0.4) is 0 Å². The van der Waals surface area contributed by atoms with Crippen molar-refractivity contribution >= 4 is 0 Å². The molecule has 0 radical (unpaired) electrons. The van der Waals surface area contributed by atoms with Crippen LogP contribution in [0.5, 0.6) is 0 Å². The van der Waals surface area contributed by atoms with Crippen LogP contribution in [0, 0.1) is 5.92 Å². The van der Waals surface area contributed by atoms with E-state index in [4.69, 9.17) is 5.73 Å². The zero-order chi connectivity index (χ0) is 9.68. The van der Waals surface area contributed by atoms with E-state index in [0.717, 1.165) is 12.5 Å². The fourth-order valence-corrected chi connectivity index (χ4v) is 1.99. The Labute approximate surface area is 82.3 Å². The predicted molar refractivity (Wildman–Crippen MR) is 57.7 cm³/mol. The van der Waals surface area contributed by atoms with Crippen LogP contribution in [0.25, 0.3) is 0 Å². The first-order valence-corrected chi connectivity index (χ1v) is 5.73. The van der Waals surface area contributed by atoms with Crippen LogP contribution in [-0.2, 0) is 0 Å². The van der Waals surface area contributed by atoms with E-state index < -0.39 is 0 Å². The Morgan fingerprint density at radius 2 is 2.08 bits per heavy atom. The summed E-state index contributed by atoms with van der Waals surface area (Å²) in [6.45, 7) is 5.59. The van der Waals surface area contributed by atoms with Gasteiger partial charge in [-0.2, -0.15) is 0 Å². The minimum atomic E-state index is 0.449. The van der Waals surface area contributed by atoms with Gasteiger partial charge in [0.25, 0.3) is 0 Å². The molecule has 0 aromatic carbocycles. The Morgan fingerprint density at radius 1 is 1.38 bits per heavy atom. The van der Waals surface area contributed by atoms with Crippen LogP contribution < -0.4 is 11.1 Å². The van der Waals surface area contributed by atoms with Crippen LogP contribution >= 0.6 is 0 Å². The van der Waals surface area contributed by atoms with Gasteiger partial charge in [0.2, 0.25) is 0 Å². The van der Waals surface area contributed by atoms with Gasteiger partial charge in [0, 0.05) is 12.1 Å². The molecule has 0 spiro atoms. The van der Waals surface area contributed by atoms with E-state index in [0.29, 0.717) is 12.1 Å². The first-order chi connectivity index (χ1) is 6.24. The molecule has 0 heterocycles. The van der Waals surface area contributed by atoms with Crippen molar-refractivity contribution in [2.24, 2.45) is 11.7 Å². The Kier molecular flexibility index (Phi) is 4.74. The van der Waals surface area contributed by atoms with Gasteiger partial charge in [0.15, 0.2) is 0 Å². The van der Waals surface area contributed by atoms with Gasteiger partial charge in [-0.3, -0.25) is 0 Å². The van der Waals surface area contributed by atoms with E-state index >= 15 is 0 Å². The van der Waals surface area contributed by atoms with E-state index in [9.17, 15) is 0 Å². The minimum Gasteiger partial charge on any atom is -0.327 e. The summed E-state index contributed by atoms with van der Waals surface area (Å²) in [4.78, 5) is 0. The zero-order valence-electron chi connectivity index (χ0n) is 9.05. The summed E-state index contributed by atoms with van der Waals surface area (Å²) in [7, 11) is 0. The fraction of sp³-hybridized carbons (Fsp3) is 1.00. The minimum absolute atomic E-state index is 0.449. The Balaban J connectivity index is 2.18. The van der Waals surface area contributed by atoms with Crippen molar-refractivity contribution in [2.75, 3.05) is 6.54 Å². The van der Waals surface area contributed by atoms with Crippen molar-refractivity contribution in [3.63, 3.8) is 0 Å². The van der Waals surface area contributed by atoms with Crippen LogP contribution in [0.1, 0.15) is 46.0 Å². The molecular formula is C11H24N2. The van der Waals surface area contributed by atoms with E-state index in [2.05, 4.69) is 19.2 Å². The molecule has 2 nitrogen and oxygen atoms in total. The molecule has 0 amide bonds. The molecule has 1 fully saturated rings. The molecule has 0 aliphatic heterocycles. The molecule has 2 heteroatoms. The standard InChI is InChI=1S/C11H24N2/c1-3-9(2)13-8-10-6-4-5-7-11(10)12/h9-11,13H,3-8,12H2,1-2H3. The molecular weight excluding hydrogens is 160 g/mol. The number of nitrogens with two attached hydrogens (primary N) is 1. The first kappa shape index (κ1) is 11.0. The predicted octanol–water partition coefficient (Wildman–Crippen LogP) is 1.89. The number of nitrogens with one attached hydrogen (secondary N) is 1. The third-order valence-corrected chi connectivity index (χ3v) is 3.31. The Hall–Kier alpha value is -0.0800. The van der Waals surface area contributed by atoms with Crippen molar-refractivity contribution in [1.82, 2.24) is 5.32 Å². The fourth-order valence-electron chi connectivity index (χ4n) is 1.99. The maximum atomic E-state index is 6.07. The summed E-state index contributed by atoms with van der Waals surface area (Å²) in [5.74, 6) is 0.725. The van der Waals surface area contributed by atoms with Crippen molar-refractivity contribution in [3.05, 3.63) is 0 Å². The molecule has 0 aromatic rings. The summed E-state index contributed by atoms with van der Waals surface area (Å²) in [6.07, 6.45) is 6.47. The normalized spacial score (nSPS) is 31.6. The van der Waals surface area contributed by atoms with E-state index in [1.807, 2.05) is 0 Å². The zero-order valence-corrected chi connectivity index (χ0v) is 9.05. The molecule has 1 aliphatic rings. The van der Waals surface area contributed by atoms with Crippen LogP contribution in [0.2, 0.25) is 0 Å². The highest BCUT2D eigenvalue weighted by atomic mass is 14.9. The van der Waals surface area contributed by atoms with Crippen molar-refractivity contribution in [1.29, 1.82) is 0 Å². The van der Waals surface area contributed by atoms with E-state index in [-0.39, 0.29) is 0 Å². The van der Waals surface area contributed by atoms with Gasteiger partial charge in [-0.05, 0) is 38.6 Å². The van der Waals surface area contributed by atoms with Crippen molar-refractivity contribution in [3.8, 4) is 0 Å². The van der Waals surface area contributed by atoms with Gasteiger partial charge in [0.05, 0.1) is 0 Å². The average Bonchev–Trinajstić information content (AvgIpc) is 2.16. The van der Waals surface area contributed by atoms with E-state index in [1.54, 1.807) is 0 Å². The highest BCUT2D eigenvalue weighted by Crippen LogP contribution is 2.22. The Morgan fingerprint density at radius 3 is 2.69 bits per heavy atom. The summed E-state index contributed by atoms with van der Waals surface area (Å²) in [5, 5.41) is 3.55. The van der Waals surface area contributed by atoms with Gasteiger partial charge >= 0.3 is 0 Å². The molecule has 3 N–H and O–H groups in total. The molecule has 3 atom stereocenters. The smallest absolute Gasteiger partial charge is 0.00792 e. The second-order valence-electron chi connectivity index (χ2n) is 4.43. The van der Waals surface area contributed by atoms with Crippen molar-refractivity contribution in [2.45, 2.75) is 58.0 Å². The molecule has 0 aromatic heterocycles. The second-order valence-corrected chi connectivity index (χ2v) is 4.43. The molecule has 1 saturated carbocycles. The SMILES string of the molecule is CCC(C)NCC1CCCCC1N. The quantitative estimate of drug-likeness (QED) is 0.700. The Bertz CT molecular complexity index is 136. The molecule has 78 valence electrons. The number of rotatable bonds is 4. The van der Waals surface area contributed by atoms with E-state index in [1.165, 1.54) is 32.1 Å². The lowest BCUT2D eigenvalue weighted by atomic mass is 9.85. The maximum absolute atomic E-state index is 6.07.